The number of phosphoric ester groups is 1. The number of allylic oxidation sites excluding steroid dienone is 21. The van der Waals surface area contributed by atoms with Crippen molar-refractivity contribution in [3.8, 4) is 0 Å². The van der Waals surface area contributed by atoms with Crippen LogP contribution >= 0.6 is 7.82 Å². The Morgan fingerprint density at radius 1 is 0.468 bits per heavy atom. The van der Waals surface area contributed by atoms with E-state index in [1.807, 2.05) is 27.2 Å². The first kappa shape index (κ1) is 73.2. The van der Waals surface area contributed by atoms with E-state index in [0.717, 1.165) is 116 Å². The highest BCUT2D eigenvalue weighted by Gasteiger charge is 2.27. The molecule has 0 aromatic rings. The van der Waals surface area contributed by atoms with E-state index in [1.165, 1.54) is 64.2 Å². The van der Waals surface area contributed by atoms with Crippen LogP contribution in [0.2, 0.25) is 0 Å². The van der Waals surface area contributed by atoms with Crippen LogP contribution in [0.15, 0.2) is 134 Å². The Morgan fingerprint density at radius 3 is 1.27 bits per heavy atom. The van der Waals surface area contributed by atoms with Crippen molar-refractivity contribution in [2.24, 2.45) is 0 Å². The maximum absolute atomic E-state index is 13.5. The molecular formula is C67H113N2O7P. The lowest BCUT2D eigenvalue weighted by Gasteiger charge is -2.30. The highest BCUT2D eigenvalue weighted by molar-refractivity contribution is 7.45. The topological polar surface area (TPSA) is 114 Å². The van der Waals surface area contributed by atoms with Gasteiger partial charge in [0.15, 0.2) is 0 Å². The number of rotatable bonds is 53. The zero-order valence-electron chi connectivity index (χ0n) is 49.9. The highest BCUT2D eigenvalue weighted by Crippen LogP contribution is 2.38. The van der Waals surface area contributed by atoms with Crippen LogP contribution in [0.25, 0.3) is 0 Å². The van der Waals surface area contributed by atoms with Crippen LogP contribution in [0, 0.1) is 0 Å². The molecule has 3 atom stereocenters. The fourth-order valence-electron chi connectivity index (χ4n) is 7.94. The third-order valence-electron chi connectivity index (χ3n) is 12.6. The monoisotopic (exact) mass is 1090 g/mol. The third kappa shape index (κ3) is 56.7. The molecule has 0 saturated carbocycles. The quantitative estimate of drug-likeness (QED) is 0.0212. The zero-order chi connectivity index (χ0) is 56.4. The van der Waals surface area contributed by atoms with Crippen LogP contribution in [0.5, 0.6) is 0 Å². The predicted molar refractivity (Wildman–Crippen MR) is 330 cm³/mol. The number of carbonyl (C=O) groups is 2. The summed E-state index contributed by atoms with van der Waals surface area (Å²) in [4.78, 5) is 39.9. The zero-order valence-corrected chi connectivity index (χ0v) is 50.8. The lowest BCUT2D eigenvalue weighted by Crippen LogP contribution is -2.47. The molecule has 0 radical (unpaired) electrons. The van der Waals surface area contributed by atoms with Crippen LogP contribution < -0.4 is 10.2 Å². The first-order valence-corrected chi connectivity index (χ1v) is 32.0. The van der Waals surface area contributed by atoms with Gasteiger partial charge in [-0.25, -0.2) is 0 Å². The number of quaternary nitrogens is 1. The van der Waals surface area contributed by atoms with Crippen molar-refractivity contribution in [2.45, 2.75) is 238 Å². The van der Waals surface area contributed by atoms with E-state index in [2.05, 4.69) is 148 Å². The average Bonchev–Trinajstić information content (AvgIpc) is 3.39. The molecule has 0 aliphatic carbocycles. The molecule has 9 nitrogen and oxygen atoms in total. The van der Waals surface area contributed by atoms with Gasteiger partial charge < -0.3 is 28.5 Å². The van der Waals surface area contributed by atoms with Gasteiger partial charge >= 0.3 is 5.97 Å². The fraction of sp³-hybridized carbons (Fsp3) is 0.642. The number of carbonyl (C=O) groups excluding carboxylic acids is 2. The number of nitrogens with one attached hydrogen (secondary N) is 1. The number of esters is 1. The van der Waals surface area contributed by atoms with E-state index in [0.29, 0.717) is 23.9 Å². The van der Waals surface area contributed by atoms with Gasteiger partial charge in [0.05, 0.1) is 33.8 Å². The van der Waals surface area contributed by atoms with Crippen LogP contribution in [-0.2, 0) is 27.9 Å². The molecule has 77 heavy (non-hydrogen) atoms. The summed E-state index contributed by atoms with van der Waals surface area (Å²) in [5, 5.41) is 2.98. The molecule has 0 aromatic heterocycles. The Bertz CT molecular complexity index is 1780. The first-order valence-electron chi connectivity index (χ1n) is 30.5. The maximum Gasteiger partial charge on any atom is 0.306 e. The Hall–Kier alpha value is -3.85. The normalized spacial score (nSPS) is 14.6. The van der Waals surface area contributed by atoms with E-state index in [-0.39, 0.29) is 31.3 Å². The van der Waals surface area contributed by atoms with Crippen LogP contribution in [-0.4, -0.2) is 69.4 Å². The first-order chi connectivity index (χ1) is 37.4. The van der Waals surface area contributed by atoms with Gasteiger partial charge in [0, 0.05) is 12.8 Å². The smallest absolute Gasteiger partial charge is 0.306 e. The number of hydrogen-bond donors (Lipinski definition) is 1. The fourth-order valence-corrected chi connectivity index (χ4v) is 8.66. The summed E-state index contributed by atoms with van der Waals surface area (Å²) in [7, 11) is 1.12. The average molecular weight is 1090 g/mol. The van der Waals surface area contributed by atoms with Crippen molar-refractivity contribution in [1.29, 1.82) is 0 Å². The Balaban J connectivity index is 5.32. The van der Waals surface area contributed by atoms with Crippen LogP contribution in [0.4, 0.5) is 0 Å². The summed E-state index contributed by atoms with van der Waals surface area (Å²) in [6.45, 7) is 6.53. The standard InChI is InChI=1S/C67H113N2O7P/c1-7-10-13-16-19-22-25-27-29-31-32-33-34-35-36-38-40-42-45-48-51-54-57-60-67(71)76-65(58-55-52-49-46-43-24-21-18-15-12-9-3)64(63-75-77(72,73)74-62-61-69(4,5)6)68-66(70)59-56-53-50-47-44-41-39-37-30-28-26-23-20-17-14-11-8-2/h10-11,13-14,19-20,22-23,27-30,32-33,35-36,39,41,47,50,55,58,64-65H,7-9,12,15-18,21,24-26,31,34,37-38,40,42-46,48-49,51-54,56-57,59-63H2,1-6H3,(H-,68,70,72,73)/b13-10-,14-11-,22-19-,23-20-,29-27-,30-28-,33-32-,36-35-,41-39-,50-47-,58-55-. The van der Waals surface area contributed by atoms with E-state index < -0.39 is 26.6 Å². The predicted octanol–water partition coefficient (Wildman–Crippen LogP) is 18.3. The summed E-state index contributed by atoms with van der Waals surface area (Å²) in [5.74, 6) is -0.634. The van der Waals surface area contributed by atoms with Gasteiger partial charge in [0.1, 0.15) is 19.3 Å². The molecule has 0 aliphatic heterocycles. The van der Waals surface area contributed by atoms with E-state index in [4.69, 9.17) is 13.8 Å². The van der Waals surface area contributed by atoms with Gasteiger partial charge in [0.25, 0.3) is 7.82 Å². The summed E-state index contributed by atoms with van der Waals surface area (Å²) < 4.78 is 30.2. The lowest BCUT2D eigenvalue weighted by atomic mass is 10.1. The second-order valence-electron chi connectivity index (χ2n) is 21.1. The second-order valence-corrected chi connectivity index (χ2v) is 22.5. The molecule has 0 saturated heterocycles. The summed E-state index contributed by atoms with van der Waals surface area (Å²) in [6, 6.07) is -0.932. The molecule has 0 fully saturated rings. The summed E-state index contributed by atoms with van der Waals surface area (Å²) in [6.07, 6.45) is 78.6. The number of likely N-dealkylation sites (N-methyl/N-ethyl adjacent to an activating group) is 1. The molecule has 10 heteroatoms. The largest absolute Gasteiger partial charge is 0.756 e. The van der Waals surface area contributed by atoms with Gasteiger partial charge in [0.2, 0.25) is 5.91 Å². The minimum absolute atomic E-state index is 0.0424. The molecule has 0 bridgehead atoms. The molecule has 0 aromatic carbocycles. The van der Waals surface area contributed by atoms with Crippen molar-refractivity contribution in [3.05, 3.63) is 134 Å². The van der Waals surface area contributed by atoms with E-state index >= 15 is 0 Å². The number of phosphoric acid groups is 1. The molecule has 1 N–H and O–H groups in total. The number of ether oxygens (including phenoxy) is 1. The van der Waals surface area contributed by atoms with Gasteiger partial charge in [-0.3, -0.25) is 14.2 Å². The van der Waals surface area contributed by atoms with E-state index in [9.17, 15) is 19.0 Å². The maximum atomic E-state index is 13.5. The van der Waals surface area contributed by atoms with Crippen molar-refractivity contribution in [2.75, 3.05) is 40.9 Å². The molecule has 0 rings (SSSR count). The number of nitrogens with zero attached hydrogens (tertiary/aromatic N) is 1. The Morgan fingerprint density at radius 2 is 0.844 bits per heavy atom. The van der Waals surface area contributed by atoms with Gasteiger partial charge in [-0.05, 0) is 115 Å². The van der Waals surface area contributed by atoms with E-state index in [1.54, 1.807) is 6.08 Å². The number of hydrogen-bond acceptors (Lipinski definition) is 7. The molecule has 3 unspecified atom stereocenters. The van der Waals surface area contributed by atoms with Crippen molar-refractivity contribution >= 4 is 19.7 Å². The van der Waals surface area contributed by atoms with Gasteiger partial charge in [-0.15, -0.1) is 0 Å². The Kier molecular flexibility index (Phi) is 52.7. The number of amides is 1. The minimum atomic E-state index is -4.72. The summed E-state index contributed by atoms with van der Waals surface area (Å²) >= 11 is 0. The van der Waals surface area contributed by atoms with Crippen molar-refractivity contribution < 1.29 is 37.3 Å². The minimum Gasteiger partial charge on any atom is -0.756 e. The molecule has 0 spiro atoms. The molecular weight excluding hydrogens is 976 g/mol. The SMILES string of the molecule is CC/C=C\C/C=C\C/C=C\C/C=C\C/C=C\CCCCCCCCCC(=O)OC(/C=C\CCCCCCCCCCC)C(COP(=O)([O-])OCC[N+](C)(C)C)NC(=O)CCC/C=C\C/C=C\C/C=C\C/C=C\C/C=C\CC. The molecule has 1 amide bonds. The van der Waals surface area contributed by atoms with Crippen molar-refractivity contribution in [1.82, 2.24) is 5.32 Å². The highest BCUT2D eigenvalue weighted by atomic mass is 31.2. The number of unbranched alkanes of at least 4 members (excludes halogenated alkanes) is 17. The van der Waals surface area contributed by atoms with Crippen LogP contribution in [0.3, 0.4) is 0 Å². The van der Waals surface area contributed by atoms with Gasteiger partial charge in [-0.2, -0.15) is 0 Å². The Labute approximate surface area is 473 Å². The summed E-state index contributed by atoms with van der Waals surface area (Å²) in [5.41, 5.74) is 0. The van der Waals surface area contributed by atoms with Crippen molar-refractivity contribution in [3.63, 3.8) is 0 Å². The molecule has 438 valence electrons. The molecule has 0 aliphatic rings. The third-order valence-corrected chi connectivity index (χ3v) is 13.5. The van der Waals surface area contributed by atoms with Crippen LogP contribution in [0.1, 0.15) is 226 Å². The second kappa shape index (κ2) is 55.5. The lowest BCUT2D eigenvalue weighted by molar-refractivity contribution is -0.870. The molecule has 0 heterocycles. The van der Waals surface area contributed by atoms with Gasteiger partial charge in [-0.1, -0.05) is 232 Å².